The first-order valence-electron chi connectivity index (χ1n) is 7.56. The van der Waals surface area contributed by atoms with Gasteiger partial charge in [0.15, 0.2) is 0 Å². The second kappa shape index (κ2) is 6.40. The van der Waals surface area contributed by atoms with Gasteiger partial charge in [0.05, 0.1) is 5.60 Å². The maximum absolute atomic E-state index is 11.8. The molecule has 1 aromatic carbocycles. The molecule has 0 radical (unpaired) electrons. The van der Waals surface area contributed by atoms with Crippen molar-refractivity contribution in [3.8, 4) is 0 Å². The Labute approximate surface area is 121 Å². The zero-order valence-electron chi connectivity index (χ0n) is 12.5. The van der Waals surface area contributed by atoms with Crippen LogP contribution in [-0.4, -0.2) is 23.2 Å². The molecule has 1 saturated carbocycles. The molecule has 0 spiro atoms. The van der Waals surface area contributed by atoms with Gasteiger partial charge in [-0.25, -0.2) is 0 Å². The van der Waals surface area contributed by atoms with Gasteiger partial charge >= 0.3 is 0 Å². The number of aryl methyl sites for hydroxylation is 1. The molecular weight excluding hydrogens is 250 g/mol. The molecule has 1 amide bonds. The molecule has 20 heavy (non-hydrogen) atoms. The first kappa shape index (κ1) is 15.0. The lowest BCUT2D eigenvalue weighted by Gasteiger charge is -2.36. The molecule has 3 nitrogen and oxygen atoms in total. The lowest BCUT2D eigenvalue weighted by Crippen LogP contribution is -2.47. The fourth-order valence-corrected chi connectivity index (χ4v) is 2.44. The van der Waals surface area contributed by atoms with Gasteiger partial charge in [0, 0.05) is 13.0 Å². The number of benzene rings is 1. The van der Waals surface area contributed by atoms with Crippen LogP contribution in [-0.2, 0) is 11.2 Å². The summed E-state index contributed by atoms with van der Waals surface area (Å²) in [6.07, 6.45) is 3.92. The number of carbonyl (C=O) groups excluding carboxylic acids is 1. The van der Waals surface area contributed by atoms with E-state index in [1.807, 2.05) is 0 Å². The van der Waals surface area contributed by atoms with Crippen molar-refractivity contribution in [1.82, 2.24) is 5.32 Å². The molecule has 0 atom stereocenters. The molecule has 0 saturated heterocycles. The average molecular weight is 275 g/mol. The summed E-state index contributed by atoms with van der Waals surface area (Å²) in [6.45, 7) is 4.75. The molecule has 2 rings (SSSR count). The van der Waals surface area contributed by atoms with E-state index in [4.69, 9.17) is 0 Å². The molecule has 2 N–H and O–H groups in total. The van der Waals surface area contributed by atoms with Crippen LogP contribution < -0.4 is 5.32 Å². The predicted molar refractivity (Wildman–Crippen MR) is 80.7 cm³/mol. The summed E-state index contributed by atoms with van der Waals surface area (Å²) in [5, 5.41) is 12.7. The van der Waals surface area contributed by atoms with Crippen LogP contribution in [0.3, 0.4) is 0 Å². The molecule has 110 valence electrons. The van der Waals surface area contributed by atoms with Crippen LogP contribution in [0.25, 0.3) is 0 Å². The quantitative estimate of drug-likeness (QED) is 0.838. The van der Waals surface area contributed by atoms with Crippen molar-refractivity contribution in [3.05, 3.63) is 35.4 Å². The van der Waals surface area contributed by atoms with Gasteiger partial charge in [0.25, 0.3) is 0 Å². The van der Waals surface area contributed by atoms with Crippen molar-refractivity contribution in [2.75, 3.05) is 6.54 Å². The summed E-state index contributed by atoms with van der Waals surface area (Å²) in [5.41, 5.74) is 1.88. The third-order valence-corrected chi connectivity index (χ3v) is 4.19. The highest BCUT2D eigenvalue weighted by molar-refractivity contribution is 5.76. The molecular formula is C17H25NO2. The van der Waals surface area contributed by atoms with E-state index in [2.05, 4.69) is 43.4 Å². The zero-order chi connectivity index (χ0) is 14.6. The van der Waals surface area contributed by atoms with Crippen molar-refractivity contribution in [1.29, 1.82) is 0 Å². The maximum atomic E-state index is 11.8. The van der Waals surface area contributed by atoms with Crippen molar-refractivity contribution >= 4 is 5.91 Å². The Morgan fingerprint density at radius 1 is 1.30 bits per heavy atom. The van der Waals surface area contributed by atoms with Crippen LogP contribution in [0.1, 0.15) is 56.6 Å². The Morgan fingerprint density at radius 2 is 1.95 bits per heavy atom. The van der Waals surface area contributed by atoms with Gasteiger partial charge in [-0.15, -0.1) is 0 Å². The topological polar surface area (TPSA) is 49.3 Å². The number of hydrogen-bond acceptors (Lipinski definition) is 2. The number of nitrogens with one attached hydrogen (secondary N) is 1. The lowest BCUT2D eigenvalue weighted by molar-refractivity contribution is -0.123. The van der Waals surface area contributed by atoms with E-state index in [0.29, 0.717) is 18.9 Å². The molecule has 0 heterocycles. The number of amides is 1. The minimum atomic E-state index is -0.630. The van der Waals surface area contributed by atoms with Crippen molar-refractivity contribution in [2.24, 2.45) is 0 Å². The smallest absolute Gasteiger partial charge is 0.220 e. The van der Waals surface area contributed by atoms with E-state index in [9.17, 15) is 9.90 Å². The van der Waals surface area contributed by atoms with Gasteiger partial charge in [-0.3, -0.25) is 4.79 Å². The third-order valence-electron chi connectivity index (χ3n) is 4.19. The Kier molecular flexibility index (Phi) is 4.81. The Balaban J connectivity index is 1.72. The Bertz CT molecular complexity index is 447. The van der Waals surface area contributed by atoms with Gasteiger partial charge in [-0.1, -0.05) is 38.1 Å². The zero-order valence-corrected chi connectivity index (χ0v) is 12.5. The summed E-state index contributed by atoms with van der Waals surface area (Å²) in [7, 11) is 0. The van der Waals surface area contributed by atoms with E-state index in [0.717, 1.165) is 25.7 Å². The molecule has 1 aliphatic rings. The van der Waals surface area contributed by atoms with E-state index in [1.54, 1.807) is 0 Å². The van der Waals surface area contributed by atoms with E-state index >= 15 is 0 Å². The van der Waals surface area contributed by atoms with Gasteiger partial charge in [0.2, 0.25) is 5.91 Å². The highest BCUT2D eigenvalue weighted by Crippen LogP contribution is 2.30. The fourth-order valence-electron chi connectivity index (χ4n) is 2.44. The fraction of sp³-hybridized carbons (Fsp3) is 0.588. The maximum Gasteiger partial charge on any atom is 0.220 e. The van der Waals surface area contributed by atoms with Crippen LogP contribution in [0, 0.1) is 0 Å². The SMILES string of the molecule is CC(C)c1ccc(CCC(=O)NCC2(O)CCC2)cc1. The number of rotatable bonds is 6. The lowest BCUT2D eigenvalue weighted by atomic mass is 9.80. The standard InChI is InChI=1S/C17H25NO2/c1-13(2)15-7-4-14(5-8-15)6-9-16(19)18-12-17(20)10-3-11-17/h4-5,7-8,13,20H,3,6,9-12H2,1-2H3,(H,18,19). The minimum Gasteiger partial charge on any atom is -0.388 e. The molecule has 1 aromatic rings. The van der Waals surface area contributed by atoms with Crippen LogP contribution in [0.4, 0.5) is 0 Å². The second-order valence-corrected chi connectivity index (χ2v) is 6.25. The normalized spacial score (nSPS) is 16.8. The first-order chi connectivity index (χ1) is 9.48. The molecule has 3 heteroatoms. The van der Waals surface area contributed by atoms with Crippen molar-refractivity contribution in [3.63, 3.8) is 0 Å². The summed E-state index contributed by atoms with van der Waals surface area (Å²) >= 11 is 0. The number of aliphatic hydroxyl groups is 1. The van der Waals surface area contributed by atoms with Gasteiger partial charge in [-0.05, 0) is 42.7 Å². The average Bonchev–Trinajstić information content (AvgIpc) is 2.41. The first-order valence-corrected chi connectivity index (χ1v) is 7.56. The molecule has 0 aliphatic heterocycles. The summed E-state index contributed by atoms with van der Waals surface area (Å²) in [6, 6.07) is 8.47. The largest absolute Gasteiger partial charge is 0.388 e. The van der Waals surface area contributed by atoms with Crippen molar-refractivity contribution in [2.45, 2.75) is 57.5 Å². The summed E-state index contributed by atoms with van der Waals surface area (Å²) in [5.74, 6) is 0.564. The molecule has 0 unspecified atom stereocenters. The molecule has 1 aliphatic carbocycles. The highest BCUT2D eigenvalue weighted by Gasteiger charge is 2.34. The molecule has 1 fully saturated rings. The number of carbonyl (C=O) groups is 1. The van der Waals surface area contributed by atoms with E-state index < -0.39 is 5.60 Å². The van der Waals surface area contributed by atoms with Crippen LogP contribution in [0.15, 0.2) is 24.3 Å². The van der Waals surface area contributed by atoms with Gasteiger partial charge < -0.3 is 10.4 Å². The third kappa shape index (κ3) is 4.07. The summed E-state index contributed by atoms with van der Waals surface area (Å²) < 4.78 is 0. The van der Waals surface area contributed by atoms with Crippen LogP contribution >= 0.6 is 0 Å². The van der Waals surface area contributed by atoms with Gasteiger partial charge in [0.1, 0.15) is 0 Å². The minimum absolute atomic E-state index is 0.0262. The van der Waals surface area contributed by atoms with E-state index in [1.165, 1.54) is 11.1 Å². The molecule has 0 aromatic heterocycles. The monoisotopic (exact) mass is 275 g/mol. The Morgan fingerprint density at radius 3 is 2.45 bits per heavy atom. The van der Waals surface area contributed by atoms with Crippen LogP contribution in [0.2, 0.25) is 0 Å². The summed E-state index contributed by atoms with van der Waals surface area (Å²) in [4.78, 5) is 11.8. The second-order valence-electron chi connectivity index (χ2n) is 6.25. The van der Waals surface area contributed by atoms with Crippen LogP contribution in [0.5, 0.6) is 0 Å². The molecule has 0 bridgehead atoms. The van der Waals surface area contributed by atoms with Crippen molar-refractivity contribution < 1.29 is 9.90 Å². The van der Waals surface area contributed by atoms with E-state index in [-0.39, 0.29) is 5.91 Å². The highest BCUT2D eigenvalue weighted by atomic mass is 16.3. The Hall–Kier alpha value is -1.35. The predicted octanol–water partition coefficient (Wildman–Crippen LogP) is 2.77. The van der Waals surface area contributed by atoms with Gasteiger partial charge in [-0.2, -0.15) is 0 Å². The number of hydrogen-bond donors (Lipinski definition) is 2.